The summed E-state index contributed by atoms with van der Waals surface area (Å²) in [7, 11) is 62.5. The van der Waals surface area contributed by atoms with Crippen LogP contribution in [0, 0.1) is 17.5 Å². The number of carbonyl (C=O) groups is 8. The Hall–Kier alpha value is -8.40. The van der Waals surface area contributed by atoms with Gasteiger partial charge in [-0.05, 0) is 192 Å². The number of ether oxygens (including phenoxy) is 7. The van der Waals surface area contributed by atoms with Crippen molar-refractivity contribution < 1.29 is 89.8 Å². The van der Waals surface area contributed by atoms with E-state index >= 15 is 8.78 Å². The summed E-state index contributed by atoms with van der Waals surface area (Å²) in [5, 5.41) is 10.0. The van der Waals surface area contributed by atoms with E-state index in [2.05, 4.69) is 82.7 Å². The number of phenolic OH excluding ortho intramolecular Hbond substituents is 1. The zero-order valence-corrected chi connectivity index (χ0v) is 77.8. The number of halogens is 6. The van der Waals surface area contributed by atoms with E-state index in [0.29, 0.717) is 27.8 Å². The highest BCUT2D eigenvalue weighted by atomic mass is 79.9. The van der Waals surface area contributed by atoms with Crippen LogP contribution >= 0.6 is 117 Å². The lowest BCUT2D eigenvalue weighted by Gasteiger charge is -2.41. The summed E-state index contributed by atoms with van der Waals surface area (Å²) in [6, 6.07) is 4.14. The van der Waals surface area contributed by atoms with Crippen LogP contribution in [-0.2, 0) is 23.9 Å². The third kappa shape index (κ3) is 26.7. The summed E-state index contributed by atoms with van der Waals surface area (Å²) in [5.74, 6) is -5.76. The Morgan fingerprint density at radius 2 is 0.802 bits per heavy atom. The topological polar surface area (TPSA) is 429 Å². The molecule has 3 aliphatic heterocycles. The molecule has 126 heavy (non-hydrogen) atoms. The molecule has 3 aromatic carbocycles. The number of carbonyl (C=O) groups excluding carboxylic acids is 8. The van der Waals surface area contributed by atoms with Crippen LogP contribution in [0.4, 0.5) is 64.4 Å². The van der Waals surface area contributed by atoms with Crippen LogP contribution < -0.4 is 51.5 Å². The Balaban J connectivity index is 0.000000220. The summed E-state index contributed by atoms with van der Waals surface area (Å²) >= 11 is 14.7. The Morgan fingerprint density at radius 1 is 0.500 bits per heavy atom. The lowest BCUT2D eigenvalue weighted by molar-refractivity contribution is -0.122. The maximum atomic E-state index is 15.9. The van der Waals surface area contributed by atoms with Crippen LogP contribution in [0.15, 0.2) is 89.7 Å². The number of benzene rings is 3. The number of phenols is 1. The molecule has 31 nitrogen and oxygen atoms in total. The minimum absolute atomic E-state index is 0.0127. The van der Waals surface area contributed by atoms with Crippen LogP contribution in [-0.4, -0.2) is 268 Å². The fourth-order valence-electron chi connectivity index (χ4n) is 10.9. The summed E-state index contributed by atoms with van der Waals surface area (Å²) in [6.45, 7) is 13.2. The molecule has 0 saturated carbocycles. The molecule has 5 aromatic heterocycles. The molecule has 0 bridgehead atoms. The zero-order valence-electron chi connectivity index (χ0n) is 68.1. The van der Waals surface area contributed by atoms with Gasteiger partial charge in [0.15, 0.2) is 50.1 Å². The number of nitrogens with two attached hydrogens (primary N) is 4. The van der Waals surface area contributed by atoms with Gasteiger partial charge in [0.25, 0.3) is 33.4 Å². The number of aromatic nitrogens is 7. The third-order valence-corrected chi connectivity index (χ3v) is 24.4. The van der Waals surface area contributed by atoms with Gasteiger partial charge in [-0.25, -0.2) is 57.6 Å². The van der Waals surface area contributed by atoms with Gasteiger partial charge in [0.2, 0.25) is 44.3 Å². The van der Waals surface area contributed by atoms with Gasteiger partial charge in [0.05, 0.1) is 46.7 Å². The number of thiazole rings is 3. The van der Waals surface area contributed by atoms with Crippen LogP contribution in [0.3, 0.4) is 0 Å². The first-order chi connectivity index (χ1) is 58.8. The smallest absolute Gasteiger partial charge is 0.427 e. The molecule has 21 radical (unpaired) electrons. The van der Waals surface area contributed by atoms with E-state index < -0.39 is 149 Å². The number of amides is 8. The largest absolute Gasteiger partial charge is 0.504 e. The molecule has 8 amide bonds. The van der Waals surface area contributed by atoms with Gasteiger partial charge in [0, 0.05) is 193 Å². The number of nitrogen functional groups attached to an aromatic ring is 4. The number of imide groups is 4. The standard InChI is InChI=1S/C30H32BrFN6O8S2.C20H16BrFN6O4S2.C14H9BrFN3O4S2.B19/c1-14(16-11-35-25(36-12-16)38(26(40)45-29(2,3)4)27(41)46-30(5,6)7)43-17-9-15(10-18-23(39)37(8)28(42)47-18)20(31)21(32)22(17)44-19-13-34-24(33)48-19;1-8(10-5-25-18(23)26-6-10)31-11-3-9(4-12-17(29)28(2)20(30)33-12)14(21)15(22)16(11)32-13-7-27-19(24)34-13;1-19-12(21)7(24-14(19)22)3-5-2-6(20)11(10(16)9(5)15)23-8-4-18-13(17)25-8;1-11-16(10)19(17(12(2)3)13(4)5)18(14(6)7)15(8)9/h9-14H,1-8H3,(H2,33,34);3-8H,1-2H3,(H2,24,27)(H2,23,25,26);2-4,20H,1H3,(H2,17,18);/b18-10-;12-4-;7-3-;. The lowest BCUT2D eigenvalue weighted by atomic mass is 8.40. The molecule has 8 aromatic rings. The van der Waals surface area contributed by atoms with Gasteiger partial charge in [-0.2, -0.15) is 0 Å². The SMILES string of the molecule is CC(Oc1cc(/C=C2\SC(=O)N(C)C2=O)c(Br)c(F)c1Oc1cnc(N)s1)c1cnc(N(C(=O)OC(C)(C)C)C(=O)OC(C)(C)C)nc1.CC(Oc1cc(/C=C2\SC(=O)N(C)C2=O)c(Br)c(F)c1Oc1cnc(N)s1)c1cnc(N)nc1.CN1C(=O)S/C(=C\c2cc(O)c(Oc3cnc(N)s3)c(F)c2Br)C1=O.[B][B]B([B])B(B(B([B])[B])B([B])[B])B(B([B])[B])B([B])[B]. The van der Waals surface area contributed by atoms with Gasteiger partial charge in [0.1, 0.15) is 23.4 Å². The van der Waals surface area contributed by atoms with Crippen molar-refractivity contribution in [1.82, 2.24) is 49.6 Å². The molecule has 9 N–H and O–H groups in total. The fourth-order valence-corrected chi connectivity index (χ4v) is 16.3. The highest BCUT2D eigenvalue weighted by molar-refractivity contribution is 9.11. The maximum absolute atomic E-state index is 15.9. The number of likely N-dealkylation sites (N-methyl/N-ethyl adjacent to an activating group) is 3. The van der Waals surface area contributed by atoms with Crippen molar-refractivity contribution in [3.63, 3.8) is 0 Å². The Labute approximate surface area is 788 Å². The first kappa shape index (κ1) is 103. The number of thioether (sulfide) groups is 3. The van der Waals surface area contributed by atoms with E-state index in [1.807, 2.05) is 0 Å². The first-order valence-corrected chi connectivity index (χ1v) is 43.5. The van der Waals surface area contributed by atoms with Crippen LogP contribution in [0.25, 0.3) is 18.2 Å². The molecule has 2 atom stereocenters. The van der Waals surface area contributed by atoms with E-state index in [1.54, 1.807) is 55.4 Å². The highest BCUT2D eigenvalue weighted by Crippen LogP contribution is 2.49. The minimum atomic E-state index is -1.04. The van der Waals surface area contributed by atoms with Gasteiger partial charge in [-0.3, -0.25) is 43.5 Å². The highest BCUT2D eigenvalue weighted by Gasteiger charge is 2.44. The second kappa shape index (κ2) is 44.3. The van der Waals surface area contributed by atoms with Gasteiger partial charge in [-0.15, -0.1) is 4.90 Å². The van der Waals surface area contributed by atoms with E-state index in [4.69, 9.17) is 133 Å². The van der Waals surface area contributed by atoms with Crippen LogP contribution in [0.1, 0.15) is 95.4 Å². The molecule has 62 heteroatoms. The molecule has 3 fully saturated rings. The Bertz CT molecular complexity index is 5480. The fraction of sp³-hybridized carbons (Fsp3) is 0.234. The molecular formula is C64H57B19Br3F3N15O16S6. The van der Waals surface area contributed by atoms with Crippen LogP contribution in [0.2, 0.25) is 0 Å². The Morgan fingerprint density at radius 3 is 1.08 bits per heavy atom. The maximum Gasteiger partial charge on any atom is 0.427 e. The molecule has 0 spiro atoms. The van der Waals surface area contributed by atoms with E-state index in [0.717, 1.165) is 72.2 Å². The van der Waals surface area contributed by atoms with Crippen molar-refractivity contribution in [3.05, 3.63) is 135 Å². The van der Waals surface area contributed by atoms with Gasteiger partial charge < -0.3 is 61.2 Å². The molecule has 3 saturated heterocycles. The molecule has 11 rings (SSSR count). The van der Waals surface area contributed by atoms with Crippen molar-refractivity contribution in [2.45, 2.75) is 78.8 Å². The minimum Gasteiger partial charge on any atom is -0.504 e. The molecule has 8 heterocycles. The van der Waals surface area contributed by atoms with Gasteiger partial charge >= 0.3 is 12.2 Å². The monoisotopic (exact) mass is 1990 g/mol. The molecular weight excluding hydrogens is 1930 g/mol. The van der Waals surface area contributed by atoms with Crippen LogP contribution in [0.5, 0.6) is 49.7 Å². The van der Waals surface area contributed by atoms with Crippen molar-refractivity contribution in [3.8, 4) is 49.7 Å². The quantitative estimate of drug-likeness (QED) is 0.0278. The normalized spacial score (nSPS) is 14.5. The average Bonchev–Trinajstić information content (AvgIpc) is 1.51. The summed E-state index contributed by atoms with van der Waals surface area (Å²) in [6.07, 6.45) is 4.37. The zero-order chi connectivity index (χ0) is 93.9. The summed E-state index contributed by atoms with van der Waals surface area (Å²) in [4.78, 5) is 130. The number of nitrogens with zero attached hydrogens (tertiary/aromatic N) is 11. The number of anilines is 5. The second-order valence-corrected chi connectivity index (χ2v) is 37.1. The summed E-state index contributed by atoms with van der Waals surface area (Å²) in [5.41, 5.74) is 22.1. The lowest BCUT2D eigenvalue weighted by Crippen LogP contribution is -2.79. The van der Waals surface area contributed by atoms with Crippen molar-refractivity contribution in [2.75, 3.05) is 49.0 Å². The second-order valence-electron chi connectivity index (χ2n) is 28.7. The molecule has 619 valence electrons. The average molecular weight is 1990 g/mol. The van der Waals surface area contributed by atoms with Gasteiger partial charge in [-0.1, -0.05) is 34.0 Å². The van der Waals surface area contributed by atoms with E-state index in [9.17, 15) is 47.9 Å². The number of aromatic hydroxyl groups is 1. The first-order valence-electron chi connectivity index (χ1n) is 36.2. The Kier molecular flexibility index (Phi) is 36.2. The van der Waals surface area contributed by atoms with E-state index in [-0.39, 0.29) is 110 Å². The van der Waals surface area contributed by atoms with Crippen molar-refractivity contribution in [1.29, 1.82) is 0 Å². The molecule has 0 aliphatic carbocycles. The third-order valence-electron chi connectivity index (χ3n) is 17.0. The van der Waals surface area contributed by atoms with E-state index in [1.165, 1.54) is 108 Å². The number of hydrogen-bond acceptors (Lipinski definition) is 33. The predicted octanol–water partition coefficient (Wildman–Crippen LogP) is 8.85. The molecule has 3 aliphatic rings. The van der Waals surface area contributed by atoms with Crippen molar-refractivity contribution in [2.24, 2.45) is 0 Å². The predicted molar refractivity (Wildman–Crippen MR) is 516 cm³/mol. The van der Waals surface area contributed by atoms with Crippen molar-refractivity contribution >= 4 is 344 Å². The number of hydrogen-bond donors (Lipinski definition) is 5. The number of rotatable bonds is 24. The summed E-state index contributed by atoms with van der Waals surface area (Å²) < 4.78 is 85.6. The molecule has 2 unspecified atom stereocenters.